The molecule has 0 aliphatic heterocycles. The van der Waals surface area contributed by atoms with Crippen molar-refractivity contribution in [1.29, 1.82) is 0 Å². The molecular formula is C32H44N2O2. The number of hydrogen-bond acceptors (Lipinski definition) is 2. The fraction of sp³-hybridized carbons (Fsp3) is 0.750. The maximum Gasteiger partial charge on any atom is 0.230 e. The van der Waals surface area contributed by atoms with Gasteiger partial charge in [-0.25, -0.2) is 0 Å². The second-order valence-corrected chi connectivity index (χ2v) is 16.3. The Morgan fingerprint density at radius 2 is 0.861 bits per heavy atom. The molecule has 2 N–H and O–H groups in total. The fourth-order valence-electron chi connectivity index (χ4n) is 12.6. The first-order valence-electron chi connectivity index (χ1n) is 14.5. The van der Waals surface area contributed by atoms with Gasteiger partial charge in [0, 0.05) is 11.4 Å². The van der Waals surface area contributed by atoms with E-state index in [1.807, 2.05) is 24.3 Å². The van der Waals surface area contributed by atoms with E-state index in [-0.39, 0.29) is 22.6 Å². The summed E-state index contributed by atoms with van der Waals surface area (Å²) in [6, 6.07) is 7.89. The molecule has 8 fully saturated rings. The molecule has 0 spiro atoms. The molecule has 4 unspecified atom stereocenters. The van der Waals surface area contributed by atoms with Crippen molar-refractivity contribution in [3.8, 4) is 0 Å². The van der Waals surface area contributed by atoms with Gasteiger partial charge in [-0.1, -0.05) is 27.7 Å². The van der Waals surface area contributed by atoms with Crippen LogP contribution in [0.15, 0.2) is 24.3 Å². The monoisotopic (exact) mass is 488 g/mol. The lowest BCUT2D eigenvalue weighted by atomic mass is 9.40. The summed E-state index contributed by atoms with van der Waals surface area (Å²) >= 11 is 0. The number of carbonyl (C=O) groups is 2. The molecule has 4 nitrogen and oxygen atoms in total. The molecule has 2 amide bonds. The van der Waals surface area contributed by atoms with E-state index >= 15 is 0 Å². The molecule has 8 aliphatic rings. The number of amides is 2. The van der Waals surface area contributed by atoms with Gasteiger partial charge in [-0.05, 0) is 135 Å². The zero-order valence-corrected chi connectivity index (χ0v) is 22.8. The largest absolute Gasteiger partial charge is 0.326 e. The van der Waals surface area contributed by atoms with E-state index in [0.29, 0.717) is 33.5 Å². The van der Waals surface area contributed by atoms with Crippen LogP contribution in [0.1, 0.15) is 105 Å². The molecule has 0 radical (unpaired) electrons. The molecule has 194 valence electrons. The van der Waals surface area contributed by atoms with Gasteiger partial charge in [0.15, 0.2) is 0 Å². The number of hydrogen-bond donors (Lipinski definition) is 2. The Bertz CT molecular complexity index is 1010. The third-order valence-corrected chi connectivity index (χ3v) is 11.6. The van der Waals surface area contributed by atoms with Crippen molar-refractivity contribution in [2.24, 2.45) is 44.3 Å². The number of nitrogens with one attached hydrogen (secondary N) is 2. The van der Waals surface area contributed by atoms with Crippen LogP contribution in [-0.2, 0) is 9.59 Å². The van der Waals surface area contributed by atoms with Gasteiger partial charge in [-0.15, -0.1) is 0 Å². The van der Waals surface area contributed by atoms with Gasteiger partial charge >= 0.3 is 0 Å². The Morgan fingerprint density at radius 3 is 1.14 bits per heavy atom. The van der Waals surface area contributed by atoms with Gasteiger partial charge < -0.3 is 10.6 Å². The highest BCUT2D eigenvalue weighted by molar-refractivity contribution is 5.97. The van der Waals surface area contributed by atoms with Crippen LogP contribution in [0.2, 0.25) is 0 Å². The van der Waals surface area contributed by atoms with Crippen LogP contribution >= 0.6 is 0 Å². The quantitative estimate of drug-likeness (QED) is 0.459. The highest BCUT2D eigenvalue weighted by Gasteiger charge is 2.64. The van der Waals surface area contributed by atoms with E-state index in [9.17, 15) is 9.59 Å². The average molecular weight is 489 g/mol. The van der Waals surface area contributed by atoms with Crippen LogP contribution in [0.25, 0.3) is 0 Å². The van der Waals surface area contributed by atoms with Gasteiger partial charge in [0.1, 0.15) is 0 Å². The predicted molar refractivity (Wildman–Crippen MR) is 143 cm³/mol. The summed E-state index contributed by atoms with van der Waals surface area (Å²) in [5.41, 5.74) is 2.57. The number of carbonyl (C=O) groups excluding carboxylic acids is 2. The zero-order chi connectivity index (χ0) is 25.2. The third-order valence-electron chi connectivity index (χ3n) is 11.6. The van der Waals surface area contributed by atoms with Crippen LogP contribution in [0.3, 0.4) is 0 Å². The van der Waals surface area contributed by atoms with E-state index in [2.05, 4.69) is 38.3 Å². The van der Waals surface area contributed by atoms with Crippen molar-refractivity contribution in [3.63, 3.8) is 0 Å². The van der Waals surface area contributed by atoms with E-state index in [1.165, 1.54) is 38.5 Å². The highest BCUT2D eigenvalue weighted by atomic mass is 16.2. The second-order valence-electron chi connectivity index (χ2n) is 16.3. The Kier molecular flexibility index (Phi) is 4.51. The zero-order valence-electron chi connectivity index (χ0n) is 22.8. The first kappa shape index (κ1) is 23.3. The van der Waals surface area contributed by atoms with Crippen molar-refractivity contribution in [3.05, 3.63) is 24.3 Å². The number of rotatable bonds is 4. The van der Waals surface area contributed by atoms with E-state index in [1.54, 1.807) is 0 Å². The molecule has 8 aliphatic carbocycles. The Balaban J connectivity index is 1.04. The van der Waals surface area contributed by atoms with Crippen LogP contribution < -0.4 is 10.6 Å². The van der Waals surface area contributed by atoms with Crippen LogP contribution in [0.4, 0.5) is 11.4 Å². The molecular weight excluding hydrogens is 444 g/mol. The maximum atomic E-state index is 13.7. The SMILES string of the molecule is CC12CC3CC(C)(C1)CC(C(=O)Nc1ccc(NC(=O)C45CC6CC(C)(CC(C)(C6)C4)C5)cc1)(C3)C2. The number of benzene rings is 1. The van der Waals surface area contributed by atoms with Crippen molar-refractivity contribution >= 4 is 23.2 Å². The Labute approximate surface area is 216 Å². The van der Waals surface area contributed by atoms with Crippen LogP contribution in [0.5, 0.6) is 0 Å². The lowest BCUT2D eigenvalue weighted by molar-refractivity contribution is -0.165. The van der Waals surface area contributed by atoms with Crippen LogP contribution in [-0.4, -0.2) is 11.8 Å². The van der Waals surface area contributed by atoms with Crippen molar-refractivity contribution < 1.29 is 9.59 Å². The summed E-state index contributed by atoms with van der Waals surface area (Å²) in [4.78, 5) is 27.3. The van der Waals surface area contributed by atoms with Gasteiger partial charge in [0.25, 0.3) is 0 Å². The van der Waals surface area contributed by atoms with Crippen molar-refractivity contribution in [2.75, 3.05) is 10.6 Å². The molecule has 8 bridgehead atoms. The fourth-order valence-corrected chi connectivity index (χ4v) is 12.6. The summed E-state index contributed by atoms with van der Waals surface area (Å²) in [6.45, 7) is 9.67. The molecule has 0 aromatic heterocycles. The molecule has 36 heavy (non-hydrogen) atoms. The molecule has 1 aromatic carbocycles. The second kappa shape index (κ2) is 6.97. The third kappa shape index (κ3) is 3.52. The molecule has 0 heterocycles. The molecule has 4 atom stereocenters. The minimum Gasteiger partial charge on any atom is -0.326 e. The molecule has 9 rings (SSSR count). The van der Waals surface area contributed by atoms with Crippen molar-refractivity contribution in [2.45, 2.75) is 105 Å². The van der Waals surface area contributed by atoms with E-state index in [0.717, 1.165) is 49.9 Å². The lowest BCUT2D eigenvalue weighted by Crippen LogP contribution is -2.58. The summed E-state index contributed by atoms with van der Waals surface area (Å²) in [5, 5.41) is 6.56. The summed E-state index contributed by atoms with van der Waals surface area (Å²) < 4.78 is 0. The Morgan fingerprint density at radius 1 is 0.556 bits per heavy atom. The van der Waals surface area contributed by atoms with Gasteiger partial charge in [-0.2, -0.15) is 0 Å². The van der Waals surface area contributed by atoms with Gasteiger partial charge in [0.2, 0.25) is 11.8 Å². The van der Waals surface area contributed by atoms with E-state index in [4.69, 9.17) is 0 Å². The first-order chi connectivity index (χ1) is 16.8. The summed E-state index contributed by atoms with van der Waals surface area (Å²) in [6.07, 6.45) is 14.0. The van der Waals surface area contributed by atoms with Crippen molar-refractivity contribution in [1.82, 2.24) is 0 Å². The highest BCUT2D eigenvalue weighted by Crippen LogP contribution is 2.71. The van der Waals surface area contributed by atoms with Crippen LogP contribution in [0, 0.1) is 44.3 Å². The summed E-state index contributed by atoms with van der Waals surface area (Å²) in [5.74, 6) is 1.84. The average Bonchev–Trinajstić information content (AvgIpc) is 2.70. The molecule has 1 aromatic rings. The van der Waals surface area contributed by atoms with E-state index < -0.39 is 0 Å². The van der Waals surface area contributed by atoms with Gasteiger partial charge in [-0.3, -0.25) is 9.59 Å². The maximum absolute atomic E-state index is 13.7. The topological polar surface area (TPSA) is 58.2 Å². The minimum absolute atomic E-state index is 0.208. The van der Waals surface area contributed by atoms with Gasteiger partial charge in [0.05, 0.1) is 10.8 Å². The molecule has 4 heteroatoms. The Hall–Kier alpha value is -1.84. The minimum atomic E-state index is -0.208. The summed E-state index contributed by atoms with van der Waals surface area (Å²) in [7, 11) is 0. The molecule has 8 saturated carbocycles. The standard InChI is InChI=1S/C32H44N2O2/c1-27-9-21-10-28(2,15-27)18-31(13-21,17-27)25(35)33-23-5-7-24(8-6-23)34-26(36)32-14-22-11-29(3,19-32)16-30(4,12-22)20-32/h5-8,21-22H,9-20H2,1-4H3,(H,33,35)(H,34,36). The lowest BCUT2D eigenvalue weighted by Gasteiger charge is -2.64. The smallest absolute Gasteiger partial charge is 0.230 e. The predicted octanol–water partition coefficient (Wildman–Crippen LogP) is 7.56. The number of anilines is 2. The molecule has 0 saturated heterocycles. The normalized spacial score (nSPS) is 49.8. The first-order valence-corrected chi connectivity index (χ1v) is 14.5.